The molecular formula is C9H10ClN3O3S. The van der Waals surface area contributed by atoms with Crippen LogP contribution in [0.5, 0.6) is 0 Å². The molecule has 0 aromatic carbocycles. The highest BCUT2D eigenvalue weighted by Gasteiger charge is 2.38. The van der Waals surface area contributed by atoms with E-state index in [1.54, 1.807) is 12.4 Å². The highest BCUT2D eigenvalue weighted by molar-refractivity contribution is 8.14. The van der Waals surface area contributed by atoms with Crippen molar-refractivity contribution in [3.05, 3.63) is 18.0 Å². The Morgan fingerprint density at radius 3 is 2.47 bits per heavy atom. The summed E-state index contributed by atoms with van der Waals surface area (Å²) in [6.45, 7) is 1.83. The van der Waals surface area contributed by atoms with Crippen LogP contribution in [0, 0.1) is 6.92 Å². The zero-order valence-corrected chi connectivity index (χ0v) is 10.6. The SMILES string of the molecule is Cc1cnc(N2CC(S(=O)(=O)Cl)CC2=O)nc1. The molecule has 0 bridgehead atoms. The van der Waals surface area contributed by atoms with E-state index in [0.717, 1.165) is 5.56 Å². The Bertz CT molecular complexity index is 543. The predicted octanol–water partition coefficient (Wildman–Crippen LogP) is 0.459. The number of aromatic nitrogens is 2. The van der Waals surface area contributed by atoms with Crippen LogP contribution in [-0.4, -0.2) is 36.1 Å². The van der Waals surface area contributed by atoms with Gasteiger partial charge in [-0.15, -0.1) is 0 Å². The first-order chi connectivity index (χ1) is 7.88. The smallest absolute Gasteiger partial charge is 0.237 e. The number of carbonyl (C=O) groups is 1. The molecular weight excluding hydrogens is 266 g/mol. The Hall–Kier alpha value is -1.21. The van der Waals surface area contributed by atoms with Crippen LogP contribution < -0.4 is 4.90 Å². The van der Waals surface area contributed by atoms with E-state index in [2.05, 4.69) is 9.97 Å². The summed E-state index contributed by atoms with van der Waals surface area (Å²) in [6, 6.07) is 0. The van der Waals surface area contributed by atoms with Crippen LogP contribution in [0.4, 0.5) is 5.95 Å². The summed E-state index contributed by atoms with van der Waals surface area (Å²) < 4.78 is 22.3. The Morgan fingerprint density at radius 2 is 2.00 bits per heavy atom. The average Bonchev–Trinajstić information content (AvgIpc) is 2.61. The van der Waals surface area contributed by atoms with Crippen molar-refractivity contribution in [2.75, 3.05) is 11.4 Å². The summed E-state index contributed by atoms with van der Waals surface area (Å²) in [7, 11) is 1.50. The maximum atomic E-state index is 11.6. The van der Waals surface area contributed by atoms with Gasteiger partial charge in [-0.2, -0.15) is 0 Å². The third kappa shape index (κ3) is 2.55. The molecule has 2 rings (SSSR count). The largest absolute Gasteiger partial charge is 0.279 e. The van der Waals surface area contributed by atoms with Gasteiger partial charge in [0.05, 0.1) is 0 Å². The molecule has 0 saturated carbocycles. The molecule has 1 unspecified atom stereocenters. The number of nitrogens with zero attached hydrogens (tertiary/aromatic N) is 3. The van der Waals surface area contributed by atoms with Gasteiger partial charge in [-0.25, -0.2) is 18.4 Å². The molecule has 6 nitrogen and oxygen atoms in total. The van der Waals surface area contributed by atoms with Gasteiger partial charge >= 0.3 is 0 Å². The number of carbonyl (C=O) groups excluding carboxylic acids is 1. The molecule has 0 spiro atoms. The van der Waals surface area contributed by atoms with Crippen LogP contribution >= 0.6 is 10.7 Å². The number of anilines is 1. The van der Waals surface area contributed by atoms with Crippen LogP contribution in [0.2, 0.25) is 0 Å². The van der Waals surface area contributed by atoms with E-state index >= 15 is 0 Å². The standard InChI is InChI=1S/C9H10ClN3O3S/c1-6-3-11-9(12-4-6)13-5-7(2-8(13)14)17(10,15)16/h3-4,7H,2,5H2,1H3. The zero-order chi connectivity index (χ0) is 12.6. The van der Waals surface area contributed by atoms with E-state index in [0.29, 0.717) is 0 Å². The number of hydrogen-bond donors (Lipinski definition) is 0. The molecule has 0 N–H and O–H groups in total. The highest BCUT2D eigenvalue weighted by atomic mass is 35.7. The maximum absolute atomic E-state index is 11.6. The molecule has 1 aromatic rings. The van der Waals surface area contributed by atoms with Crippen molar-refractivity contribution >= 4 is 31.6 Å². The fourth-order valence-electron chi connectivity index (χ4n) is 1.58. The lowest BCUT2D eigenvalue weighted by Crippen LogP contribution is -2.28. The van der Waals surface area contributed by atoms with Gasteiger partial charge in [-0.05, 0) is 12.5 Å². The second-order valence-electron chi connectivity index (χ2n) is 3.87. The molecule has 1 aliphatic rings. The first-order valence-corrected chi connectivity index (χ1v) is 7.27. The summed E-state index contributed by atoms with van der Waals surface area (Å²) in [6.07, 6.45) is 3.01. The molecule has 1 saturated heterocycles. The lowest BCUT2D eigenvalue weighted by Gasteiger charge is -2.13. The van der Waals surface area contributed by atoms with Crippen LogP contribution in [0.25, 0.3) is 0 Å². The summed E-state index contributed by atoms with van der Waals surface area (Å²) in [5.74, 6) is -0.119. The molecule has 8 heteroatoms. The highest BCUT2D eigenvalue weighted by Crippen LogP contribution is 2.24. The quantitative estimate of drug-likeness (QED) is 0.733. The number of halogens is 1. The minimum atomic E-state index is -3.73. The van der Waals surface area contributed by atoms with Crippen LogP contribution in [0.3, 0.4) is 0 Å². The Balaban J connectivity index is 2.24. The predicted molar refractivity (Wildman–Crippen MR) is 62.3 cm³/mol. The van der Waals surface area contributed by atoms with Gasteiger partial charge in [0.15, 0.2) is 0 Å². The Kier molecular flexibility index (Phi) is 3.05. The Labute approximate surface area is 103 Å². The fourth-order valence-corrected chi connectivity index (χ4v) is 2.61. The summed E-state index contributed by atoms with van der Waals surface area (Å²) in [5.41, 5.74) is 0.863. The molecule has 0 radical (unpaired) electrons. The van der Waals surface area contributed by atoms with E-state index in [1.807, 2.05) is 6.92 Å². The van der Waals surface area contributed by atoms with Gasteiger partial charge in [-0.1, -0.05) is 0 Å². The number of rotatable bonds is 2. The average molecular weight is 276 g/mol. The van der Waals surface area contributed by atoms with Crippen LogP contribution in [0.15, 0.2) is 12.4 Å². The third-order valence-corrected chi connectivity index (χ3v) is 4.36. The van der Waals surface area contributed by atoms with E-state index in [-0.39, 0.29) is 24.8 Å². The summed E-state index contributed by atoms with van der Waals surface area (Å²) in [5, 5.41) is -0.887. The molecule has 1 atom stereocenters. The minimum Gasteiger partial charge on any atom is -0.279 e. The van der Waals surface area contributed by atoms with Crippen molar-refractivity contribution in [3.63, 3.8) is 0 Å². The van der Waals surface area contributed by atoms with Crippen molar-refractivity contribution in [1.29, 1.82) is 0 Å². The van der Waals surface area contributed by atoms with Crippen LogP contribution in [-0.2, 0) is 13.8 Å². The van der Waals surface area contributed by atoms with Crippen molar-refractivity contribution in [2.24, 2.45) is 0 Å². The van der Waals surface area contributed by atoms with Gasteiger partial charge in [-0.3, -0.25) is 9.69 Å². The van der Waals surface area contributed by atoms with Crippen molar-refractivity contribution in [3.8, 4) is 0 Å². The summed E-state index contributed by atoms with van der Waals surface area (Å²) >= 11 is 0. The third-order valence-electron chi connectivity index (χ3n) is 2.50. The molecule has 2 heterocycles. The van der Waals surface area contributed by atoms with E-state index in [4.69, 9.17) is 10.7 Å². The zero-order valence-electron chi connectivity index (χ0n) is 9.00. The van der Waals surface area contributed by atoms with Gasteiger partial charge in [0.2, 0.25) is 20.9 Å². The maximum Gasteiger partial charge on any atom is 0.237 e. The first kappa shape index (κ1) is 12.3. The molecule has 1 aliphatic heterocycles. The molecule has 17 heavy (non-hydrogen) atoms. The van der Waals surface area contributed by atoms with Gasteiger partial charge in [0.25, 0.3) is 0 Å². The monoisotopic (exact) mass is 275 g/mol. The van der Waals surface area contributed by atoms with E-state index < -0.39 is 14.3 Å². The Morgan fingerprint density at radius 1 is 1.41 bits per heavy atom. The van der Waals surface area contributed by atoms with E-state index in [1.165, 1.54) is 4.90 Å². The number of amides is 1. The van der Waals surface area contributed by atoms with Crippen molar-refractivity contribution in [2.45, 2.75) is 18.6 Å². The number of aryl methyl sites for hydroxylation is 1. The minimum absolute atomic E-state index is 0.00767. The second kappa shape index (κ2) is 4.23. The lowest BCUT2D eigenvalue weighted by atomic mass is 10.4. The molecule has 0 aliphatic carbocycles. The fraction of sp³-hybridized carbons (Fsp3) is 0.444. The van der Waals surface area contributed by atoms with Crippen LogP contribution in [0.1, 0.15) is 12.0 Å². The lowest BCUT2D eigenvalue weighted by molar-refractivity contribution is -0.117. The molecule has 1 amide bonds. The molecule has 1 aromatic heterocycles. The normalized spacial score (nSPS) is 20.9. The topological polar surface area (TPSA) is 80.2 Å². The first-order valence-electron chi connectivity index (χ1n) is 4.90. The summed E-state index contributed by atoms with van der Waals surface area (Å²) in [4.78, 5) is 20.8. The second-order valence-corrected chi connectivity index (χ2v) is 6.77. The van der Waals surface area contributed by atoms with E-state index in [9.17, 15) is 13.2 Å². The van der Waals surface area contributed by atoms with Gasteiger partial charge < -0.3 is 0 Å². The molecule has 92 valence electrons. The van der Waals surface area contributed by atoms with Crippen molar-refractivity contribution in [1.82, 2.24) is 9.97 Å². The molecule has 1 fully saturated rings. The van der Waals surface area contributed by atoms with Crippen molar-refractivity contribution < 1.29 is 13.2 Å². The van der Waals surface area contributed by atoms with Gasteiger partial charge in [0, 0.05) is 36.0 Å². The van der Waals surface area contributed by atoms with Gasteiger partial charge in [0.1, 0.15) is 5.25 Å². The number of hydrogen-bond acceptors (Lipinski definition) is 5.